The number of H-pyrrole nitrogens is 1. The zero-order valence-corrected chi connectivity index (χ0v) is 15.9. The van der Waals surface area contributed by atoms with Gasteiger partial charge in [-0.05, 0) is 31.5 Å². The van der Waals surface area contributed by atoms with Gasteiger partial charge in [-0.25, -0.2) is 4.68 Å². The van der Waals surface area contributed by atoms with Gasteiger partial charge in [0.2, 0.25) is 5.91 Å². The Labute approximate surface area is 160 Å². The van der Waals surface area contributed by atoms with Crippen molar-refractivity contribution >= 4 is 35.1 Å². The maximum atomic E-state index is 12.2. The maximum Gasteiger partial charge on any atom is 0.235 e. The molecule has 0 spiro atoms. The molecular formula is C18H18ClN5OS. The highest BCUT2D eigenvalue weighted by Crippen LogP contribution is 2.44. The van der Waals surface area contributed by atoms with Crippen LogP contribution in [0.5, 0.6) is 0 Å². The van der Waals surface area contributed by atoms with Crippen molar-refractivity contribution in [3.63, 3.8) is 0 Å². The third-order valence-electron chi connectivity index (χ3n) is 4.32. The molecule has 2 N–H and O–H groups in total. The SMILES string of the molecule is CC(C)n1ncc2c1NC(=O)CSC2c1cn[nH]c1-c1ccc(Cl)cc1. The first-order chi connectivity index (χ1) is 12.5. The number of amides is 1. The highest BCUT2D eigenvalue weighted by molar-refractivity contribution is 8.00. The lowest BCUT2D eigenvalue weighted by molar-refractivity contribution is -0.113. The summed E-state index contributed by atoms with van der Waals surface area (Å²) < 4.78 is 1.86. The summed E-state index contributed by atoms with van der Waals surface area (Å²) in [6, 6.07) is 7.79. The van der Waals surface area contributed by atoms with Gasteiger partial charge < -0.3 is 5.32 Å². The van der Waals surface area contributed by atoms with Crippen LogP contribution in [-0.2, 0) is 4.79 Å². The van der Waals surface area contributed by atoms with E-state index < -0.39 is 0 Å². The molecule has 1 aliphatic heterocycles. The zero-order valence-electron chi connectivity index (χ0n) is 14.4. The van der Waals surface area contributed by atoms with Crippen LogP contribution in [0.15, 0.2) is 36.7 Å². The third-order valence-corrected chi connectivity index (χ3v) is 5.84. The lowest BCUT2D eigenvalue weighted by Crippen LogP contribution is -2.17. The molecule has 8 heteroatoms. The molecule has 4 rings (SSSR count). The molecule has 2 aromatic heterocycles. The molecule has 3 heterocycles. The van der Waals surface area contributed by atoms with Gasteiger partial charge >= 0.3 is 0 Å². The average Bonchev–Trinajstić information content (AvgIpc) is 3.21. The second kappa shape index (κ2) is 6.81. The number of anilines is 1. The fourth-order valence-electron chi connectivity index (χ4n) is 3.10. The van der Waals surface area contributed by atoms with E-state index in [9.17, 15) is 4.79 Å². The lowest BCUT2D eigenvalue weighted by atomic mass is 10.0. The van der Waals surface area contributed by atoms with E-state index in [1.54, 1.807) is 11.8 Å². The highest BCUT2D eigenvalue weighted by atomic mass is 35.5. The van der Waals surface area contributed by atoms with Crippen molar-refractivity contribution in [2.45, 2.75) is 25.1 Å². The summed E-state index contributed by atoms with van der Waals surface area (Å²) in [6.07, 6.45) is 3.67. The van der Waals surface area contributed by atoms with Crippen LogP contribution < -0.4 is 5.32 Å². The molecule has 134 valence electrons. The van der Waals surface area contributed by atoms with Gasteiger partial charge in [0.15, 0.2) is 0 Å². The molecular weight excluding hydrogens is 370 g/mol. The minimum absolute atomic E-state index is 0.0160. The fourth-order valence-corrected chi connectivity index (χ4v) is 4.33. The van der Waals surface area contributed by atoms with E-state index in [-0.39, 0.29) is 17.2 Å². The predicted octanol–water partition coefficient (Wildman–Crippen LogP) is 4.28. The Morgan fingerprint density at radius 1 is 1.23 bits per heavy atom. The topological polar surface area (TPSA) is 75.6 Å². The highest BCUT2D eigenvalue weighted by Gasteiger charge is 2.30. The summed E-state index contributed by atoms with van der Waals surface area (Å²) >= 11 is 7.59. The molecule has 0 saturated carbocycles. The monoisotopic (exact) mass is 387 g/mol. The molecule has 1 atom stereocenters. The summed E-state index contributed by atoms with van der Waals surface area (Å²) in [5.41, 5.74) is 3.95. The zero-order chi connectivity index (χ0) is 18.3. The molecule has 1 unspecified atom stereocenters. The van der Waals surface area contributed by atoms with Crippen molar-refractivity contribution in [1.82, 2.24) is 20.0 Å². The van der Waals surface area contributed by atoms with Crippen LogP contribution in [0.3, 0.4) is 0 Å². The minimum atomic E-state index is -0.0409. The first-order valence-electron chi connectivity index (χ1n) is 8.32. The Balaban J connectivity index is 1.81. The normalized spacial score (nSPS) is 17.1. The quantitative estimate of drug-likeness (QED) is 0.703. The maximum absolute atomic E-state index is 12.2. The van der Waals surface area contributed by atoms with Crippen molar-refractivity contribution in [3.8, 4) is 11.3 Å². The number of aromatic nitrogens is 4. The molecule has 1 amide bonds. The molecule has 6 nitrogen and oxygen atoms in total. The van der Waals surface area contributed by atoms with Crippen LogP contribution in [-0.4, -0.2) is 31.6 Å². The summed E-state index contributed by atoms with van der Waals surface area (Å²) in [4.78, 5) is 12.2. The number of halogens is 1. The Morgan fingerprint density at radius 2 is 2.00 bits per heavy atom. The average molecular weight is 388 g/mol. The third kappa shape index (κ3) is 3.01. The van der Waals surface area contributed by atoms with Gasteiger partial charge in [-0.2, -0.15) is 10.2 Å². The molecule has 0 bridgehead atoms. The summed E-state index contributed by atoms with van der Waals surface area (Å²) in [5, 5.41) is 15.5. The Kier molecular flexibility index (Phi) is 4.50. The van der Waals surface area contributed by atoms with E-state index in [1.165, 1.54) is 0 Å². The minimum Gasteiger partial charge on any atom is -0.310 e. The fraction of sp³-hybridized carbons (Fsp3) is 0.278. The molecule has 1 aliphatic rings. The standard InChI is InChI=1S/C18H18ClN5OS/c1-10(2)24-18-14(8-21-24)17(26-9-15(25)22-18)13-7-20-23-16(13)11-3-5-12(19)6-4-11/h3-8,10,17H,9H2,1-2H3,(H,20,23)(H,22,25). The van der Waals surface area contributed by atoms with Crippen molar-refractivity contribution in [1.29, 1.82) is 0 Å². The number of rotatable bonds is 3. The number of fused-ring (bicyclic) bond motifs is 1. The van der Waals surface area contributed by atoms with Gasteiger partial charge in [0, 0.05) is 22.2 Å². The van der Waals surface area contributed by atoms with Crippen molar-refractivity contribution in [3.05, 3.63) is 52.8 Å². The number of aromatic amines is 1. The van der Waals surface area contributed by atoms with Gasteiger partial charge in [0.05, 0.1) is 29.1 Å². The molecule has 0 fully saturated rings. The molecule has 0 saturated heterocycles. The number of thioether (sulfide) groups is 1. The first-order valence-corrected chi connectivity index (χ1v) is 9.75. The van der Waals surface area contributed by atoms with Crippen LogP contribution in [0.1, 0.15) is 36.3 Å². The molecule has 0 aliphatic carbocycles. The van der Waals surface area contributed by atoms with Crippen LogP contribution in [0, 0.1) is 0 Å². The number of benzene rings is 1. The van der Waals surface area contributed by atoms with E-state index in [2.05, 4.69) is 20.6 Å². The summed E-state index contributed by atoms with van der Waals surface area (Å²) in [6.45, 7) is 4.09. The van der Waals surface area contributed by atoms with Gasteiger partial charge in [-0.1, -0.05) is 23.7 Å². The number of hydrogen-bond acceptors (Lipinski definition) is 4. The smallest absolute Gasteiger partial charge is 0.235 e. The number of carbonyl (C=O) groups excluding carboxylic acids is 1. The van der Waals surface area contributed by atoms with Crippen LogP contribution >= 0.6 is 23.4 Å². The number of carbonyl (C=O) groups is 1. The van der Waals surface area contributed by atoms with Crippen molar-refractivity contribution in [2.24, 2.45) is 0 Å². The number of hydrogen-bond donors (Lipinski definition) is 2. The van der Waals surface area contributed by atoms with Crippen molar-refractivity contribution in [2.75, 3.05) is 11.1 Å². The predicted molar refractivity (Wildman–Crippen MR) is 105 cm³/mol. The lowest BCUT2D eigenvalue weighted by Gasteiger charge is -2.15. The van der Waals surface area contributed by atoms with Crippen LogP contribution in [0.25, 0.3) is 11.3 Å². The van der Waals surface area contributed by atoms with Crippen molar-refractivity contribution < 1.29 is 4.79 Å². The van der Waals surface area contributed by atoms with Gasteiger partial charge in [0.1, 0.15) is 5.82 Å². The molecule has 26 heavy (non-hydrogen) atoms. The van der Waals surface area contributed by atoms with Crippen LogP contribution in [0.2, 0.25) is 5.02 Å². The molecule has 3 aromatic rings. The molecule has 1 aromatic carbocycles. The van der Waals surface area contributed by atoms with Crippen LogP contribution in [0.4, 0.5) is 5.82 Å². The van der Waals surface area contributed by atoms with Gasteiger partial charge in [0.25, 0.3) is 0 Å². The number of nitrogens with zero attached hydrogens (tertiary/aromatic N) is 3. The Bertz CT molecular complexity index is 947. The summed E-state index contributed by atoms with van der Waals surface area (Å²) in [5.74, 6) is 1.13. The van der Waals surface area contributed by atoms with Gasteiger partial charge in [-0.3, -0.25) is 9.89 Å². The number of nitrogens with one attached hydrogen (secondary N) is 2. The molecule has 0 radical (unpaired) electrons. The second-order valence-electron chi connectivity index (χ2n) is 6.43. The van der Waals surface area contributed by atoms with E-state index >= 15 is 0 Å². The Hall–Kier alpha value is -2.25. The van der Waals surface area contributed by atoms with E-state index in [1.807, 2.05) is 55.2 Å². The van der Waals surface area contributed by atoms with E-state index in [0.717, 1.165) is 28.2 Å². The Morgan fingerprint density at radius 3 is 2.73 bits per heavy atom. The summed E-state index contributed by atoms with van der Waals surface area (Å²) in [7, 11) is 0. The van der Waals surface area contributed by atoms with Gasteiger partial charge in [-0.15, -0.1) is 11.8 Å². The van der Waals surface area contributed by atoms with E-state index in [0.29, 0.717) is 10.8 Å². The first kappa shape index (κ1) is 17.2. The van der Waals surface area contributed by atoms with E-state index in [4.69, 9.17) is 11.6 Å². The largest absolute Gasteiger partial charge is 0.310 e. The second-order valence-corrected chi connectivity index (χ2v) is 7.96.